The van der Waals surface area contributed by atoms with Gasteiger partial charge in [-0.25, -0.2) is 4.79 Å². The van der Waals surface area contributed by atoms with E-state index in [0.717, 1.165) is 19.4 Å². The molecule has 1 saturated heterocycles. The van der Waals surface area contributed by atoms with Crippen LogP contribution in [0.25, 0.3) is 0 Å². The number of amides is 2. The fraction of sp³-hybridized carbons (Fsp3) is 0.526. The van der Waals surface area contributed by atoms with Crippen LogP contribution in [-0.2, 0) is 19.1 Å². The van der Waals surface area contributed by atoms with E-state index in [0.29, 0.717) is 17.0 Å². The van der Waals surface area contributed by atoms with Crippen molar-refractivity contribution in [2.24, 2.45) is 0 Å². The maximum absolute atomic E-state index is 12.3. The lowest BCUT2D eigenvalue weighted by molar-refractivity contribution is -0.124. The van der Waals surface area contributed by atoms with E-state index in [1.807, 2.05) is 13.8 Å². The van der Waals surface area contributed by atoms with Crippen molar-refractivity contribution < 1.29 is 23.9 Å². The van der Waals surface area contributed by atoms with Gasteiger partial charge in [-0.3, -0.25) is 9.59 Å². The van der Waals surface area contributed by atoms with Gasteiger partial charge in [-0.1, -0.05) is 12.1 Å². The number of hydrogen-bond donors (Lipinski definition) is 2. The van der Waals surface area contributed by atoms with Crippen LogP contribution < -0.4 is 10.6 Å². The maximum atomic E-state index is 12.3. The maximum Gasteiger partial charge on any atom is 0.339 e. The van der Waals surface area contributed by atoms with E-state index in [2.05, 4.69) is 10.6 Å². The van der Waals surface area contributed by atoms with Gasteiger partial charge in [-0.15, -0.1) is 11.8 Å². The van der Waals surface area contributed by atoms with Gasteiger partial charge in [0.05, 0.1) is 17.4 Å². The summed E-state index contributed by atoms with van der Waals surface area (Å²) in [5.74, 6) is -0.855. The third-order valence-corrected chi connectivity index (χ3v) is 4.87. The minimum absolute atomic E-state index is 0.0405. The summed E-state index contributed by atoms with van der Waals surface area (Å²) in [6, 6.07) is 6.93. The molecule has 1 unspecified atom stereocenters. The van der Waals surface area contributed by atoms with Crippen LogP contribution in [0.5, 0.6) is 0 Å². The first kappa shape index (κ1) is 21.2. The van der Waals surface area contributed by atoms with Gasteiger partial charge < -0.3 is 20.1 Å². The molecule has 2 N–H and O–H groups in total. The molecule has 1 fully saturated rings. The molecule has 1 aliphatic rings. The van der Waals surface area contributed by atoms with Crippen LogP contribution in [0, 0.1) is 0 Å². The second-order valence-corrected chi connectivity index (χ2v) is 7.54. The first-order valence-electron chi connectivity index (χ1n) is 9.02. The van der Waals surface area contributed by atoms with Gasteiger partial charge in [-0.2, -0.15) is 0 Å². The quantitative estimate of drug-likeness (QED) is 0.490. The SMILES string of the molecule is CC(C)NC(=O)CSc1ccccc1C(=O)OCC(=O)NCC1CCCO1. The number of carbonyl (C=O) groups excluding carboxylic acids is 3. The lowest BCUT2D eigenvalue weighted by Gasteiger charge is -2.12. The topological polar surface area (TPSA) is 93.7 Å². The molecule has 148 valence electrons. The van der Waals surface area contributed by atoms with Crippen LogP contribution in [-0.4, -0.2) is 55.4 Å². The van der Waals surface area contributed by atoms with Crippen LogP contribution in [0.4, 0.5) is 0 Å². The van der Waals surface area contributed by atoms with Gasteiger partial charge in [0, 0.05) is 24.1 Å². The summed E-state index contributed by atoms with van der Waals surface area (Å²) in [6.07, 6.45) is 1.97. The summed E-state index contributed by atoms with van der Waals surface area (Å²) >= 11 is 1.26. The van der Waals surface area contributed by atoms with E-state index < -0.39 is 5.97 Å². The highest BCUT2D eigenvalue weighted by molar-refractivity contribution is 8.00. The average Bonchev–Trinajstić information content (AvgIpc) is 3.16. The van der Waals surface area contributed by atoms with Crippen molar-refractivity contribution in [2.45, 2.75) is 43.7 Å². The summed E-state index contributed by atoms with van der Waals surface area (Å²) < 4.78 is 10.5. The van der Waals surface area contributed by atoms with Gasteiger partial charge in [-0.05, 0) is 38.8 Å². The second kappa shape index (κ2) is 10.9. The molecule has 0 bridgehead atoms. The highest BCUT2D eigenvalue weighted by atomic mass is 32.2. The Morgan fingerprint density at radius 2 is 2.04 bits per heavy atom. The number of hydrogen-bond acceptors (Lipinski definition) is 6. The van der Waals surface area contributed by atoms with Crippen LogP contribution in [0.15, 0.2) is 29.2 Å². The molecule has 1 aliphatic heterocycles. The Labute approximate surface area is 163 Å². The zero-order valence-electron chi connectivity index (χ0n) is 15.7. The van der Waals surface area contributed by atoms with Crippen LogP contribution >= 0.6 is 11.8 Å². The first-order valence-corrected chi connectivity index (χ1v) is 10.0. The molecule has 8 heteroatoms. The summed E-state index contributed by atoms with van der Waals surface area (Å²) in [6.45, 7) is 4.57. The predicted octanol–water partition coefficient (Wildman–Crippen LogP) is 1.76. The zero-order chi connectivity index (χ0) is 19.6. The Kier molecular flexibility index (Phi) is 8.60. The van der Waals surface area contributed by atoms with Crippen LogP contribution in [0.3, 0.4) is 0 Å². The standard InChI is InChI=1S/C19H26N2O5S/c1-13(2)21-18(23)12-27-16-8-4-3-7-15(16)19(24)26-11-17(22)20-10-14-6-5-9-25-14/h3-4,7-8,13-14H,5-6,9-12H2,1-2H3,(H,20,22)(H,21,23). The highest BCUT2D eigenvalue weighted by Gasteiger charge is 2.18. The molecule has 0 radical (unpaired) electrons. The number of rotatable bonds is 9. The number of esters is 1. The third-order valence-electron chi connectivity index (χ3n) is 3.80. The van der Waals surface area contributed by atoms with Gasteiger partial charge in [0.25, 0.3) is 5.91 Å². The number of thioether (sulfide) groups is 1. The fourth-order valence-corrected chi connectivity index (χ4v) is 3.41. The number of ether oxygens (including phenoxy) is 2. The normalized spacial score (nSPS) is 16.2. The van der Waals surface area contributed by atoms with E-state index in [1.54, 1.807) is 24.3 Å². The first-order chi connectivity index (χ1) is 13.0. The van der Waals surface area contributed by atoms with Gasteiger partial charge in [0.15, 0.2) is 6.61 Å². The summed E-state index contributed by atoms with van der Waals surface area (Å²) in [7, 11) is 0. The van der Waals surface area contributed by atoms with E-state index in [9.17, 15) is 14.4 Å². The summed E-state index contributed by atoms with van der Waals surface area (Å²) in [5, 5.41) is 5.50. The fourth-order valence-electron chi connectivity index (χ4n) is 2.56. The van der Waals surface area contributed by atoms with Crippen molar-refractivity contribution >= 4 is 29.5 Å². The molecular formula is C19H26N2O5S. The molecule has 0 spiro atoms. The lowest BCUT2D eigenvalue weighted by Crippen LogP contribution is -2.34. The molecule has 0 aliphatic carbocycles. The number of benzene rings is 1. The molecule has 1 aromatic rings. The molecule has 0 saturated carbocycles. The number of nitrogens with one attached hydrogen (secondary N) is 2. The minimum atomic E-state index is -0.588. The van der Waals surface area contributed by atoms with Crippen molar-refractivity contribution in [1.29, 1.82) is 0 Å². The smallest absolute Gasteiger partial charge is 0.339 e. The minimum Gasteiger partial charge on any atom is -0.452 e. The van der Waals surface area contributed by atoms with Crippen LogP contribution in [0.2, 0.25) is 0 Å². The molecule has 1 aromatic carbocycles. The zero-order valence-corrected chi connectivity index (χ0v) is 16.5. The molecule has 7 nitrogen and oxygen atoms in total. The molecule has 2 rings (SSSR count). The molecule has 27 heavy (non-hydrogen) atoms. The third kappa shape index (κ3) is 7.60. The van der Waals surface area contributed by atoms with Crippen molar-refractivity contribution in [3.05, 3.63) is 29.8 Å². The van der Waals surface area contributed by atoms with Crippen molar-refractivity contribution in [3.8, 4) is 0 Å². The Hall–Kier alpha value is -2.06. The van der Waals surface area contributed by atoms with E-state index in [1.165, 1.54) is 11.8 Å². The van der Waals surface area contributed by atoms with Gasteiger partial charge in [0.2, 0.25) is 5.91 Å². The predicted molar refractivity (Wildman–Crippen MR) is 103 cm³/mol. The highest BCUT2D eigenvalue weighted by Crippen LogP contribution is 2.23. The lowest BCUT2D eigenvalue weighted by atomic mass is 10.2. The monoisotopic (exact) mass is 394 g/mol. The van der Waals surface area contributed by atoms with Gasteiger partial charge in [0.1, 0.15) is 0 Å². The Morgan fingerprint density at radius 1 is 1.26 bits per heavy atom. The van der Waals surface area contributed by atoms with Crippen molar-refractivity contribution in [2.75, 3.05) is 25.5 Å². The van der Waals surface area contributed by atoms with Crippen molar-refractivity contribution in [1.82, 2.24) is 10.6 Å². The largest absolute Gasteiger partial charge is 0.452 e. The average molecular weight is 394 g/mol. The molecule has 1 heterocycles. The summed E-state index contributed by atoms with van der Waals surface area (Å²) in [5.41, 5.74) is 0.340. The number of carbonyl (C=O) groups is 3. The molecule has 2 amide bonds. The van der Waals surface area contributed by atoms with Crippen LogP contribution in [0.1, 0.15) is 37.0 Å². The molecule has 0 aromatic heterocycles. The Balaban J connectivity index is 1.81. The molecule has 1 atom stereocenters. The Morgan fingerprint density at radius 3 is 2.74 bits per heavy atom. The second-order valence-electron chi connectivity index (χ2n) is 6.52. The van der Waals surface area contributed by atoms with Crippen molar-refractivity contribution in [3.63, 3.8) is 0 Å². The van der Waals surface area contributed by atoms with E-state index >= 15 is 0 Å². The summed E-state index contributed by atoms with van der Waals surface area (Å²) in [4.78, 5) is 36.6. The van der Waals surface area contributed by atoms with E-state index in [-0.39, 0.29) is 36.3 Å². The van der Waals surface area contributed by atoms with E-state index in [4.69, 9.17) is 9.47 Å². The molecular weight excluding hydrogens is 368 g/mol. The van der Waals surface area contributed by atoms with Gasteiger partial charge >= 0.3 is 5.97 Å². The Bertz CT molecular complexity index is 659.